The molecule has 4 nitrogen and oxygen atoms in total. The van der Waals surface area contributed by atoms with Gasteiger partial charge in [-0.3, -0.25) is 9.59 Å². The summed E-state index contributed by atoms with van der Waals surface area (Å²) in [6.07, 6.45) is 12.0. The van der Waals surface area contributed by atoms with Crippen LogP contribution < -0.4 is 5.32 Å². The van der Waals surface area contributed by atoms with Crippen LogP contribution in [0.3, 0.4) is 0 Å². The first-order valence-corrected chi connectivity index (χ1v) is 8.55. The van der Waals surface area contributed by atoms with E-state index < -0.39 is 5.97 Å². The van der Waals surface area contributed by atoms with E-state index in [1.54, 1.807) is 0 Å². The quantitative estimate of drug-likeness (QED) is 0.501. The lowest BCUT2D eigenvalue weighted by Gasteiger charge is -2.26. The maximum Gasteiger partial charge on any atom is 0.303 e. The minimum absolute atomic E-state index is 0.155. The number of carboxylic acids is 1. The van der Waals surface area contributed by atoms with Gasteiger partial charge in [-0.05, 0) is 25.7 Å². The maximum atomic E-state index is 12.3. The fourth-order valence-corrected chi connectivity index (χ4v) is 3.08. The van der Waals surface area contributed by atoms with Gasteiger partial charge in [0.15, 0.2) is 0 Å². The Hall–Kier alpha value is -1.06. The van der Waals surface area contributed by atoms with Gasteiger partial charge >= 0.3 is 5.97 Å². The molecular formula is C17H31NO3. The number of unbranched alkanes of at least 4 members (excludes halogenated alkanes) is 4. The van der Waals surface area contributed by atoms with Crippen molar-refractivity contribution < 1.29 is 14.7 Å². The maximum absolute atomic E-state index is 12.3. The van der Waals surface area contributed by atoms with Crippen molar-refractivity contribution in [2.24, 2.45) is 5.41 Å². The number of hydrogen-bond donors (Lipinski definition) is 2. The summed E-state index contributed by atoms with van der Waals surface area (Å²) in [4.78, 5) is 22.7. The molecule has 0 unspecified atom stereocenters. The third-order valence-electron chi connectivity index (χ3n) is 4.61. The van der Waals surface area contributed by atoms with E-state index in [0.717, 1.165) is 51.5 Å². The van der Waals surface area contributed by atoms with Gasteiger partial charge < -0.3 is 10.4 Å². The molecule has 0 spiro atoms. The summed E-state index contributed by atoms with van der Waals surface area (Å²) in [6, 6.07) is 0. The van der Waals surface area contributed by atoms with Crippen molar-refractivity contribution in [3.8, 4) is 0 Å². The molecule has 122 valence electrons. The molecule has 0 aliphatic heterocycles. The fourth-order valence-electron chi connectivity index (χ4n) is 3.08. The normalized spacial score (nSPS) is 18.0. The first kappa shape index (κ1) is 18.0. The van der Waals surface area contributed by atoms with Crippen LogP contribution in [0.2, 0.25) is 0 Å². The number of amides is 1. The summed E-state index contributed by atoms with van der Waals surface area (Å²) in [6.45, 7) is 2.87. The van der Waals surface area contributed by atoms with Crippen LogP contribution in [0.15, 0.2) is 0 Å². The molecule has 1 saturated carbocycles. The summed E-state index contributed by atoms with van der Waals surface area (Å²) in [7, 11) is 0. The molecule has 1 amide bonds. The minimum atomic E-state index is -0.709. The lowest BCUT2D eigenvalue weighted by Crippen LogP contribution is -2.39. The number of carbonyl (C=O) groups is 2. The van der Waals surface area contributed by atoms with E-state index in [2.05, 4.69) is 12.2 Å². The van der Waals surface area contributed by atoms with Crippen LogP contribution in [0.4, 0.5) is 0 Å². The zero-order valence-electron chi connectivity index (χ0n) is 13.5. The van der Waals surface area contributed by atoms with Crippen LogP contribution in [0, 0.1) is 5.41 Å². The number of rotatable bonds is 9. The molecule has 0 aromatic carbocycles. The van der Waals surface area contributed by atoms with Gasteiger partial charge in [-0.2, -0.15) is 0 Å². The molecule has 0 heterocycles. The largest absolute Gasteiger partial charge is 0.481 e. The monoisotopic (exact) mass is 297 g/mol. The Balaban J connectivity index is 2.06. The van der Waals surface area contributed by atoms with Gasteiger partial charge in [-0.15, -0.1) is 0 Å². The molecule has 1 rings (SSSR count). The highest BCUT2D eigenvalue weighted by atomic mass is 16.4. The third-order valence-corrected chi connectivity index (χ3v) is 4.61. The van der Waals surface area contributed by atoms with E-state index in [0.29, 0.717) is 0 Å². The van der Waals surface area contributed by atoms with Crippen LogP contribution in [-0.2, 0) is 9.59 Å². The summed E-state index contributed by atoms with van der Waals surface area (Å²) in [5.41, 5.74) is -0.155. The second-order valence-corrected chi connectivity index (χ2v) is 6.64. The van der Waals surface area contributed by atoms with Crippen molar-refractivity contribution in [2.75, 3.05) is 6.54 Å². The molecule has 4 heteroatoms. The molecule has 0 bridgehead atoms. The Morgan fingerprint density at radius 2 is 1.52 bits per heavy atom. The van der Waals surface area contributed by atoms with Crippen LogP contribution in [0.25, 0.3) is 0 Å². The van der Waals surface area contributed by atoms with E-state index in [1.807, 2.05) is 0 Å². The second-order valence-electron chi connectivity index (χ2n) is 6.64. The highest BCUT2D eigenvalue weighted by Gasteiger charge is 2.32. The van der Waals surface area contributed by atoms with Gasteiger partial charge in [0, 0.05) is 18.4 Å². The second kappa shape index (κ2) is 9.80. The summed E-state index contributed by atoms with van der Waals surface area (Å²) in [5.74, 6) is -0.478. The van der Waals surface area contributed by atoms with Gasteiger partial charge in [0.05, 0.1) is 0 Å². The molecular weight excluding hydrogens is 266 g/mol. The molecule has 2 N–H and O–H groups in total. The average Bonchev–Trinajstić information content (AvgIpc) is 2.67. The molecule has 1 fully saturated rings. The number of carboxylic acid groups (broad SMARTS) is 1. The van der Waals surface area contributed by atoms with Crippen molar-refractivity contribution in [3.63, 3.8) is 0 Å². The number of nitrogens with one attached hydrogen (secondary N) is 1. The predicted octanol–water partition coefficient (Wildman–Crippen LogP) is 3.89. The van der Waals surface area contributed by atoms with Crippen molar-refractivity contribution >= 4 is 11.9 Å². The Bertz CT molecular complexity index is 320. The van der Waals surface area contributed by atoms with Crippen LogP contribution >= 0.6 is 0 Å². The predicted molar refractivity (Wildman–Crippen MR) is 84.2 cm³/mol. The van der Waals surface area contributed by atoms with Gasteiger partial charge in [-0.1, -0.05) is 51.9 Å². The van der Waals surface area contributed by atoms with Crippen molar-refractivity contribution in [1.29, 1.82) is 0 Å². The van der Waals surface area contributed by atoms with E-state index >= 15 is 0 Å². The van der Waals surface area contributed by atoms with Gasteiger partial charge in [0.1, 0.15) is 0 Å². The number of aliphatic carboxylic acids is 1. The molecule has 1 aliphatic carbocycles. The SMILES string of the molecule is CC1(C(=O)NCCCCCCCC(=O)O)CCCCCC1. The molecule has 21 heavy (non-hydrogen) atoms. The Kier molecular flexibility index (Phi) is 8.40. The van der Waals surface area contributed by atoms with Crippen molar-refractivity contribution in [1.82, 2.24) is 5.32 Å². The lowest BCUT2D eigenvalue weighted by atomic mass is 9.81. The number of hydrogen-bond acceptors (Lipinski definition) is 2. The van der Waals surface area contributed by atoms with Crippen molar-refractivity contribution in [2.45, 2.75) is 84.0 Å². The standard InChI is InChI=1S/C17H31NO3/c1-17(12-8-4-5-9-13-17)16(21)18-14-10-6-2-3-7-11-15(19)20/h2-14H2,1H3,(H,18,21)(H,19,20). The van der Waals surface area contributed by atoms with E-state index in [9.17, 15) is 9.59 Å². The molecule has 0 aromatic rings. The first-order chi connectivity index (χ1) is 10.0. The highest BCUT2D eigenvalue weighted by molar-refractivity contribution is 5.82. The van der Waals surface area contributed by atoms with Crippen LogP contribution in [-0.4, -0.2) is 23.5 Å². The number of carbonyl (C=O) groups excluding carboxylic acids is 1. The molecule has 0 atom stereocenters. The Morgan fingerprint density at radius 3 is 2.14 bits per heavy atom. The van der Waals surface area contributed by atoms with Crippen molar-refractivity contribution in [3.05, 3.63) is 0 Å². The minimum Gasteiger partial charge on any atom is -0.481 e. The summed E-state index contributed by atoms with van der Waals surface area (Å²) < 4.78 is 0. The average molecular weight is 297 g/mol. The highest BCUT2D eigenvalue weighted by Crippen LogP contribution is 2.34. The zero-order chi connectivity index (χ0) is 15.6. The third kappa shape index (κ3) is 7.49. The zero-order valence-corrected chi connectivity index (χ0v) is 13.5. The smallest absolute Gasteiger partial charge is 0.303 e. The fraction of sp³-hybridized carbons (Fsp3) is 0.882. The lowest BCUT2D eigenvalue weighted by molar-refractivity contribution is -0.137. The van der Waals surface area contributed by atoms with Gasteiger partial charge in [0.25, 0.3) is 0 Å². The van der Waals surface area contributed by atoms with E-state index in [1.165, 1.54) is 25.7 Å². The molecule has 0 radical (unpaired) electrons. The Morgan fingerprint density at radius 1 is 0.952 bits per heavy atom. The topological polar surface area (TPSA) is 66.4 Å². The van der Waals surface area contributed by atoms with E-state index in [-0.39, 0.29) is 17.7 Å². The molecule has 0 saturated heterocycles. The van der Waals surface area contributed by atoms with Gasteiger partial charge in [0.2, 0.25) is 5.91 Å². The molecule has 1 aliphatic rings. The molecule has 0 aromatic heterocycles. The summed E-state index contributed by atoms with van der Waals surface area (Å²) >= 11 is 0. The van der Waals surface area contributed by atoms with Crippen LogP contribution in [0.5, 0.6) is 0 Å². The van der Waals surface area contributed by atoms with Gasteiger partial charge in [-0.25, -0.2) is 0 Å². The van der Waals surface area contributed by atoms with E-state index in [4.69, 9.17) is 5.11 Å². The summed E-state index contributed by atoms with van der Waals surface area (Å²) in [5, 5.41) is 11.6. The van der Waals surface area contributed by atoms with Crippen LogP contribution in [0.1, 0.15) is 84.0 Å². The Labute approximate surface area is 128 Å². The first-order valence-electron chi connectivity index (χ1n) is 8.55.